The first kappa shape index (κ1) is 12.5. The Labute approximate surface area is 119 Å². The zero-order chi connectivity index (χ0) is 14.1. The van der Waals surface area contributed by atoms with Crippen LogP contribution in [0, 0.1) is 0 Å². The van der Waals surface area contributed by atoms with Crippen molar-refractivity contribution in [1.29, 1.82) is 0 Å². The van der Waals surface area contributed by atoms with Gasteiger partial charge >= 0.3 is 0 Å². The lowest BCUT2D eigenvalue weighted by atomic mass is 10.2. The van der Waals surface area contributed by atoms with Gasteiger partial charge in [-0.25, -0.2) is 0 Å². The normalized spacial score (nSPS) is 10.7. The van der Waals surface area contributed by atoms with Crippen molar-refractivity contribution < 1.29 is 9.63 Å². The van der Waals surface area contributed by atoms with Crippen LogP contribution in [0.4, 0.5) is 5.69 Å². The summed E-state index contributed by atoms with van der Waals surface area (Å²) in [5.41, 5.74) is 7.60. The molecular formula is C14H10ClN3O2. The van der Waals surface area contributed by atoms with Gasteiger partial charge in [0.1, 0.15) is 5.75 Å². The second-order valence-electron chi connectivity index (χ2n) is 4.21. The van der Waals surface area contributed by atoms with Crippen LogP contribution in [-0.2, 0) is 0 Å². The Hall–Kier alpha value is -2.53. The highest BCUT2D eigenvalue weighted by atomic mass is 35.5. The molecule has 0 unspecified atom stereocenters. The molecule has 3 N–H and O–H groups in total. The Balaban J connectivity index is 2.04. The number of phenolic OH excluding ortho intramolecular Hbond substituents is 1. The number of nitrogens with two attached hydrogens (primary N) is 1. The van der Waals surface area contributed by atoms with Crippen LogP contribution >= 0.6 is 11.6 Å². The van der Waals surface area contributed by atoms with Gasteiger partial charge in [-0.1, -0.05) is 28.9 Å². The summed E-state index contributed by atoms with van der Waals surface area (Å²) in [6.07, 6.45) is 0. The summed E-state index contributed by atoms with van der Waals surface area (Å²) in [7, 11) is 0. The molecule has 0 aliphatic heterocycles. The van der Waals surface area contributed by atoms with E-state index in [4.69, 9.17) is 21.9 Å². The van der Waals surface area contributed by atoms with Gasteiger partial charge in [-0.2, -0.15) is 4.98 Å². The summed E-state index contributed by atoms with van der Waals surface area (Å²) in [4.78, 5) is 4.27. The third-order valence-electron chi connectivity index (χ3n) is 2.78. The van der Waals surface area contributed by atoms with E-state index in [1.807, 2.05) is 0 Å². The number of rotatable bonds is 2. The number of aromatic nitrogens is 2. The summed E-state index contributed by atoms with van der Waals surface area (Å²) < 4.78 is 5.20. The maximum absolute atomic E-state index is 9.46. The predicted molar refractivity (Wildman–Crippen MR) is 76.3 cm³/mol. The minimum Gasteiger partial charge on any atom is -0.508 e. The van der Waals surface area contributed by atoms with Crippen LogP contribution in [0.2, 0.25) is 5.02 Å². The summed E-state index contributed by atoms with van der Waals surface area (Å²) in [5.74, 6) is 0.787. The largest absolute Gasteiger partial charge is 0.508 e. The molecule has 20 heavy (non-hydrogen) atoms. The fraction of sp³-hybridized carbons (Fsp3) is 0. The molecule has 0 radical (unpaired) electrons. The van der Waals surface area contributed by atoms with Crippen LogP contribution in [0.15, 0.2) is 47.0 Å². The third kappa shape index (κ3) is 2.31. The maximum atomic E-state index is 9.46. The minimum atomic E-state index is 0.135. The van der Waals surface area contributed by atoms with Crippen molar-refractivity contribution in [3.8, 4) is 28.6 Å². The van der Waals surface area contributed by atoms with Crippen molar-refractivity contribution in [3.63, 3.8) is 0 Å². The quantitative estimate of drug-likeness (QED) is 0.706. The first-order valence-electron chi connectivity index (χ1n) is 5.82. The molecule has 6 heteroatoms. The van der Waals surface area contributed by atoms with E-state index < -0.39 is 0 Å². The molecule has 5 nitrogen and oxygen atoms in total. The maximum Gasteiger partial charge on any atom is 0.260 e. The van der Waals surface area contributed by atoms with Crippen molar-refractivity contribution >= 4 is 17.3 Å². The Morgan fingerprint density at radius 2 is 2.00 bits per heavy atom. The molecule has 0 bridgehead atoms. The monoisotopic (exact) mass is 287 g/mol. The molecule has 0 atom stereocenters. The minimum absolute atomic E-state index is 0.135. The number of hydrogen-bond acceptors (Lipinski definition) is 5. The standard InChI is InChI=1S/C14H10ClN3O2/c15-9-4-5-12(16)11(7-9)14-17-13(18-20-14)8-2-1-3-10(19)6-8/h1-7,19H,16H2. The fourth-order valence-electron chi connectivity index (χ4n) is 1.81. The molecule has 2 aromatic carbocycles. The topological polar surface area (TPSA) is 85.2 Å². The van der Waals surface area contributed by atoms with E-state index >= 15 is 0 Å². The Morgan fingerprint density at radius 1 is 1.15 bits per heavy atom. The molecule has 0 fully saturated rings. The molecule has 1 aromatic heterocycles. The third-order valence-corrected chi connectivity index (χ3v) is 3.01. The Bertz CT molecular complexity index is 771. The van der Waals surface area contributed by atoms with E-state index in [0.717, 1.165) is 0 Å². The van der Waals surface area contributed by atoms with Crippen LogP contribution in [0.3, 0.4) is 0 Å². The molecule has 0 aliphatic rings. The first-order chi connectivity index (χ1) is 9.63. The lowest BCUT2D eigenvalue weighted by Crippen LogP contribution is -1.90. The van der Waals surface area contributed by atoms with Gasteiger partial charge < -0.3 is 15.4 Å². The zero-order valence-electron chi connectivity index (χ0n) is 10.2. The molecular weight excluding hydrogens is 278 g/mol. The van der Waals surface area contributed by atoms with Crippen LogP contribution in [0.1, 0.15) is 0 Å². The van der Waals surface area contributed by atoms with Crippen LogP contribution in [0.5, 0.6) is 5.75 Å². The molecule has 0 amide bonds. The lowest BCUT2D eigenvalue weighted by Gasteiger charge is -2.00. The number of nitrogens with zero attached hydrogens (tertiary/aromatic N) is 2. The lowest BCUT2D eigenvalue weighted by molar-refractivity contribution is 0.432. The number of phenols is 1. The van der Waals surface area contributed by atoms with E-state index in [9.17, 15) is 5.11 Å². The molecule has 3 rings (SSSR count). The van der Waals surface area contributed by atoms with Gasteiger partial charge in [-0.3, -0.25) is 0 Å². The van der Waals surface area contributed by atoms with Crippen molar-refractivity contribution in [1.82, 2.24) is 10.1 Å². The Kier molecular flexibility index (Phi) is 3.04. The zero-order valence-corrected chi connectivity index (χ0v) is 11.0. The second-order valence-corrected chi connectivity index (χ2v) is 4.64. The van der Waals surface area contributed by atoms with Crippen LogP contribution in [-0.4, -0.2) is 15.2 Å². The number of nitrogen functional groups attached to an aromatic ring is 1. The highest BCUT2D eigenvalue weighted by molar-refractivity contribution is 6.31. The van der Waals surface area contributed by atoms with Gasteiger partial charge in [0.15, 0.2) is 0 Å². The van der Waals surface area contributed by atoms with E-state index in [-0.39, 0.29) is 11.6 Å². The van der Waals surface area contributed by atoms with Gasteiger partial charge in [-0.15, -0.1) is 0 Å². The van der Waals surface area contributed by atoms with Crippen molar-refractivity contribution in [2.75, 3.05) is 5.73 Å². The van der Waals surface area contributed by atoms with Crippen LogP contribution < -0.4 is 5.73 Å². The van der Waals surface area contributed by atoms with Gasteiger partial charge in [0.25, 0.3) is 5.89 Å². The van der Waals surface area contributed by atoms with E-state index in [2.05, 4.69) is 10.1 Å². The molecule has 0 saturated heterocycles. The van der Waals surface area contributed by atoms with Crippen molar-refractivity contribution in [2.24, 2.45) is 0 Å². The highest BCUT2D eigenvalue weighted by Gasteiger charge is 2.13. The number of hydrogen-bond donors (Lipinski definition) is 2. The second kappa shape index (κ2) is 4.86. The SMILES string of the molecule is Nc1ccc(Cl)cc1-c1nc(-c2cccc(O)c2)no1. The van der Waals surface area contributed by atoms with E-state index in [0.29, 0.717) is 27.7 Å². The molecule has 3 aromatic rings. The van der Waals surface area contributed by atoms with E-state index in [1.54, 1.807) is 42.5 Å². The predicted octanol–water partition coefficient (Wildman–Crippen LogP) is 3.34. The number of aromatic hydroxyl groups is 1. The average Bonchev–Trinajstić information content (AvgIpc) is 2.91. The fourth-order valence-corrected chi connectivity index (χ4v) is 1.98. The number of halogens is 1. The number of anilines is 1. The van der Waals surface area contributed by atoms with Crippen LogP contribution in [0.25, 0.3) is 22.8 Å². The molecule has 0 spiro atoms. The van der Waals surface area contributed by atoms with Gasteiger partial charge in [0.05, 0.1) is 5.56 Å². The smallest absolute Gasteiger partial charge is 0.260 e. The summed E-state index contributed by atoms with van der Waals surface area (Å²) >= 11 is 5.93. The molecule has 100 valence electrons. The average molecular weight is 288 g/mol. The molecule has 1 heterocycles. The summed E-state index contributed by atoms with van der Waals surface area (Å²) in [5, 5.41) is 13.9. The van der Waals surface area contributed by atoms with Crippen molar-refractivity contribution in [3.05, 3.63) is 47.5 Å². The number of benzene rings is 2. The van der Waals surface area contributed by atoms with Gasteiger partial charge in [0.2, 0.25) is 5.82 Å². The highest BCUT2D eigenvalue weighted by Crippen LogP contribution is 2.29. The Morgan fingerprint density at radius 3 is 2.80 bits per heavy atom. The molecule has 0 saturated carbocycles. The summed E-state index contributed by atoms with van der Waals surface area (Å²) in [6, 6.07) is 11.6. The summed E-state index contributed by atoms with van der Waals surface area (Å²) in [6.45, 7) is 0. The van der Waals surface area contributed by atoms with E-state index in [1.165, 1.54) is 0 Å². The molecule has 0 aliphatic carbocycles. The van der Waals surface area contributed by atoms with Gasteiger partial charge in [0, 0.05) is 16.3 Å². The van der Waals surface area contributed by atoms with Crippen molar-refractivity contribution in [2.45, 2.75) is 0 Å². The first-order valence-corrected chi connectivity index (χ1v) is 6.20. The van der Waals surface area contributed by atoms with Gasteiger partial charge in [-0.05, 0) is 30.3 Å².